The van der Waals surface area contributed by atoms with Gasteiger partial charge >= 0.3 is 0 Å². The lowest BCUT2D eigenvalue weighted by Crippen LogP contribution is -2.41. The molecule has 2 aromatic rings. The van der Waals surface area contributed by atoms with Gasteiger partial charge in [0, 0.05) is 19.3 Å². The number of likely N-dealkylation sites (tertiary alicyclic amines) is 1. The van der Waals surface area contributed by atoms with Crippen LogP contribution in [0.1, 0.15) is 6.42 Å². The molecule has 1 aliphatic heterocycles. The van der Waals surface area contributed by atoms with Crippen molar-refractivity contribution in [2.24, 2.45) is 0 Å². The Morgan fingerprint density at radius 3 is 2.84 bits per heavy atom. The van der Waals surface area contributed by atoms with Gasteiger partial charge in [-0.1, -0.05) is 6.07 Å². The van der Waals surface area contributed by atoms with Crippen LogP contribution in [0.2, 0.25) is 0 Å². The molecule has 1 amide bonds. The minimum absolute atomic E-state index is 0.0942. The first-order chi connectivity index (χ1) is 12.0. The molecular weight excluding hydrogens is 325 g/mol. The zero-order chi connectivity index (χ0) is 17.7. The van der Waals surface area contributed by atoms with Crippen LogP contribution < -0.4 is 10.1 Å². The smallest absolute Gasteiger partial charge is 0.239 e. The van der Waals surface area contributed by atoms with Crippen molar-refractivity contribution in [1.29, 1.82) is 0 Å². The molecule has 2 heterocycles. The average molecular weight is 345 g/mol. The summed E-state index contributed by atoms with van der Waals surface area (Å²) in [7, 11) is 0. The number of aromatic nitrogens is 1. The number of pyridine rings is 1. The van der Waals surface area contributed by atoms with Gasteiger partial charge < -0.3 is 15.2 Å². The highest BCUT2D eigenvalue weighted by molar-refractivity contribution is 5.91. The molecule has 1 aliphatic rings. The molecule has 1 saturated heterocycles. The summed E-state index contributed by atoms with van der Waals surface area (Å²) in [5.41, 5.74) is -1.03. The van der Waals surface area contributed by atoms with Crippen molar-refractivity contribution in [1.82, 2.24) is 9.88 Å². The second-order valence-electron chi connectivity index (χ2n) is 6.19. The molecule has 1 aromatic carbocycles. The molecule has 132 valence electrons. The highest BCUT2D eigenvalue weighted by Crippen LogP contribution is 2.23. The van der Waals surface area contributed by atoms with Crippen LogP contribution in [0.4, 0.5) is 10.2 Å². The van der Waals surface area contributed by atoms with Crippen molar-refractivity contribution in [3.63, 3.8) is 0 Å². The number of anilines is 1. The number of amides is 1. The number of β-amino-alcohol motifs (C(OH)–C–C–N with tert-alkyl or cyclic N) is 1. The Balaban J connectivity index is 1.47. The maximum atomic E-state index is 12.9. The van der Waals surface area contributed by atoms with Gasteiger partial charge in [0.15, 0.2) is 0 Å². The molecular formula is C18H20FN3O3. The number of carbonyl (C=O) groups is 1. The summed E-state index contributed by atoms with van der Waals surface area (Å²) in [4.78, 5) is 18.0. The van der Waals surface area contributed by atoms with Crippen molar-refractivity contribution in [3.05, 3.63) is 54.5 Å². The lowest BCUT2D eigenvalue weighted by molar-refractivity contribution is -0.117. The van der Waals surface area contributed by atoms with E-state index >= 15 is 0 Å². The zero-order valence-electron chi connectivity index (χ0n) is 13.7. The Hall–Kier alpha value is -2.51. The van der Waals surface area contributed by atoms with Crippen molar-refractivity contribution in [2.45, 2.75) is 12.0 Å². The molecule has 0 spiro atoms. The maximum Gasteiger partial charge on any atom is 0.239 e. The van der Waals surface area contributed by atoms with Crippen molar-refractivity contribution < 1.29 is 19.0 Å². The van der Waals surface area contributed by atoms with Crippen LogP contribution in [0.25, 0.3) is 0 Å². The van der Waals surface area contributed by atoms with Crippen molar-refractivity contribution in [2.75, 3.05) is 31.6 Å². The van der Waals surface area contributed by atoms with E-state index in [9.17, 15) is 14.3 Å². The number of carbonyl (C=O) groups excluding carboxylic acids is 1. The second-order valence-corrected chi connectivity index (χ2v) is 6.19. The Labute approximate surface area is 145 Å². The predicted octanol–water partition coefficient (Wildman–Crippen LogP) is 1.67. The first-order valence-electron chi connectivity index (χ1n) is 8.06. The van der Waals surface area contributed by atoms with Gasteiger partial charge in [0.2, 0.25) is 5.91 Å². The molecule has 0 saturated carbocycles. The summed E-state index contributed by atoms with van der Waals surface area (Å²) < 4.78 is 18.4. The normalized spacial score (nSPS) is 20.4. The van der Waals surface area contributed by atoms with E-state index in [0.29, 0.717) is 31.1 Å². The molecule has 6 nitrogen and oxygen atoms in total. The van der Waals surface area contributed by atoms with Gasteiger partial charge in [0.1, 0.15) is 29.6 Å². The summed E-state index contributed by atoms with van der Waals surface area (Å²) in [5.74, 6) is 0.488. The van der Waals surface area contributed by atoms with E-state index in [1.807, 2.05) is 4.90 Å². The number of nitrogens with one attached hydrogen (secondary N) is 1. The number of hydrogen-bond acceptors (Lipinski definition) is 5. The van der Waals surface area contributed by atoms with Gasteiger partial charge in [-0.2, -0.15) is 0 Å². The van der Waals surface area contributed by atoms with E-state index in [4.69, 9.17) is 4.74 Å². The van der Waals surface area contributed by atoms with Crippen molar-refractivity contribution >= 4 is 11.7 Å². The number of nitrogens with zero attached hydrogens (tertiary/aromatic N) is 2. The molecule has 0 aliphatic carbocycles. The third-order valence-corrected chi connectivity index (χ3v) is 4.03. The van der Waals surface area contributed by atoms with Gasteiger partial charge in [0.25, 0.3) is 0 Å². The van der Waals surface area contributed by atoms with Gasteiger partial charge in [-0.15, -0.1) is 0 Å². The molecule has 0 bridgehead atoms. The average Bonchev–Trinajstić information content (AvgIpc) is 2.96. The van der Waals surface area contributed by atoms with Crippen LogP contribution in [0, 0.1) is 5.82 Å². The number of ether oxygens (including phenoxy) is 1. The topological polar surface area (TPSA) is 74.7 Å². The lowest BCUT2D eigenvalue weighted by Gasteiger charge is -2.23. The predicted molar refractivity (Wildman–Crippen MR) is 90.8 cm³/mol. The fraction of sp³-hybridized carbons (Fsp3) is 0.333. The van der Waals surface area contributed by atoms with Crippen LogP contribution in [0.5, 0.6) is 5.75 Å². The molecule has 25 heavy (non-hydrogen) atoms. The first kappa shape index (κ1) is 17.3. The first-order valence-corrected chi connectivity index (χ1v) is 8.06. The zero-order valence-corrected chi connectivity index (χ0v) is 13.7. The fourth-order valence-corrected chi connectivity index (χ4v) is 2.76. The SMILES string of the molecule is O=C(CN1CC[C@](O)(COc2ccc(F)cc2)C1)Nc1ccccn1. The molecule has 3 rings (SSSR count). The van der Waals surface area contributed by atoms with Gasteiger partial charge in [-0.05, 0) is 42.8 Å². The summed E-state index contributed by atoms with van der Waals surface area (Å²) in [6.45, 7) is 1.20. The number of hydrogen-bond donors (Lipinski definition) is 2. The third kappa shape index (κ3) is 4.98. The van der Waals surface area contributed by atoms with Crippen molar-refractivity contribution in [3.8, 4) is 5.75 Å². The van der Waals surface area contributed by atoms with Crippen LogP contribution in [-0.4, -0.2) is 52.7 Å². The Morgan fingerprint density at radius 2 is 2.12 bits per heavy atom. The maximum absolute atomic E-state index is 12.9. The summed E-state index contributed by atoms with van der Waals surface area (Å²) in [5, 5.41) is 13.3. The van der Waals surface area contributed by atoms with Crippen LogP contribution in [0.3, 0.4) is 0 Å². The van der Waals surface area contributed by atoms with E-state index in [1.54, 1.807) is 24.4 Å². The molecule has 0 unspecified atom stereocenters. The molecule has 2 N–H and O–H groups in total. The number of halogens is 1. The second kappa shape index (κ2) is 7.58. The molecule has 7 heteroatoms. The van der Waals surface area contributed by atoms with Gasteiger partial charge in [0.05, 0.1) is 6.54 Å². The van der Waals surface area contributed by atoms with E-state index in [-0.39, 0.29) is 24.9 Å². The van der Waals surface area contributed by atoms with Crippen LogP contribution in [0.15, 0.2) is 48.7 Å². The molecule has 1 aromatic heterocycles. The minimum atomic E-state index is -1.03. The highest BCUT2D eigenvalue weighted by Gasteiger charge is 2.37. The lowest BCUT2D eigenvalue weighted by atomic mass is 10.1. The standard InChI is InChI=1S/C18H20FN3O3/c19-14-4-6-15(7-5-14)25-13-18(24)8-10-22(12-18)11-17(23)21-16-3-1-2-9-20-16/h1-7,9,24H,8,10-13H2,(H,20,21,23)/t18-/m1/s1. The Morgan fingerprint density at radius 1 is 1.32 bits per heavy atom. The van der Waals surface area contributed by atoms with E-state index in [0.717, 1.165) is 0 Å². The molecule has 0 radical (unpaired) electrons. The highest BCUT2D eigenvalue weighted by atomic mass is 19.1. The number of benzene rings is 1. The van der Waals surface area contributed by atoms with E-state index in [1.165, 1.54) is 24.3 Å². The summed E-state index contributed by atoms with van der Waals surface area (Å²) >= 11 is 0. The third-order valence-electron chi connectivity index (χ3n) is 4.03. The van der Waals surface area contributed by atoms with Crippen LogP contribution in [-0.2, 0) is 4.79 Å². The summed E-state index contributed by atoms with van der Waals surface area (Å²) in [6.07, 6.45) is 2.11. The Bertz CT molecular complexity index is 711. The monoisotopic (exact) mass is 345 g/mol. The van der Waals surface area contributed by atoms with Gasteiger partial charge in [-0.3, -0.25) is 9.69 Å². The minimum Gasteiger partial charge on any atom is -0.491 e. The van der Waals surface area contributed by atoms with Crippen LogP contribution >= 0.6 is 0 Å². The fourth-order valence-electron chi connectivity index (χ4n) is 2.76. The molecule has 1 fully saturated rings. The van der Waals surface area contributed by atoms with Gasteiger partial charge in [-0.25, -0.2) is 9.37 Å². The molecule has 1 atom stereocenters. The number of aliphatic hydroxyl groups is 1. The summed E-state index contributed by atoms with van der Waals surface area (Å²) in [6, 6.07) is 10.9. The number of rotatable bonds is 6. The van der Waals surface area contributed by atoms with E-state index in [2.05, 4.69) is 10.3 Å². The largest absolute Gasteiger partial charge is 0.491 e. The Kier molecular flexibility index (Phi) is 5.25. The quantitative estimate of drug-likeness (QED) is 0.833. The van der Waals surface area contributed by atoms with E-state index < -0.39 is 5.60 Å².